The molecule has 1 aromatic rings. The molecule has 5 nitrogen and oxygen atoms in total. The number of aliphatic carboxylic acids is 1. The van der Waals surface area contributed by atoms with Crippen molar-refractivity contribution in [2.75, 3.05) is 11.9 Å². The number of rotatable bonds is 6. The largest absolute Gasteiger partial charge is 0.489 e. The highest BCUT2D eigenvalue weighted by Crippen LogP contribution is 2.39. The van der Waals surface area contributed by atoms with Crippen LogP contribution in [-0.4, -0.2) is 23.6 Å². The molecule has 1 aliphatic carbocycles. The molecule has 0 spiro atoms. The van der Waals surface area contributed by atoms with E-state index in [1.807, 2.05) is 0 Å². The predicted molar refractivity (Wildman–Crippen MR) is 70.0 cm³/mol. The molecule has 2 rings (SSSR count). The normalized spacial score (nSPS) is 20.4. The van der Waals surface area contributed by atoms with Crippen molar-refractivity contribution in [1.29, 1.82) is 0 Å². The van der Waals surface area contributed by atoms with Crippen LogP contribution in [0.1, 0.15) is 6.42 Å². The van der Waals surface area contributed by atoms with Gasteiger partial charge in [-0.1, -0.05) is 18.7 Å². The van der Waals surface area contributed by atoms with Gasteiger partial charge in [0.25, 0.3) is 0 Å². The molecule has 0 heterocycles. The van der Waals surface area contributed by atoms with E-state index in [0.717, 1.165) is 0 Å². The van der Waals surface area contributed by atoms with Gasteiger partial charge in [0.2, 0.25) is 5.91 Å². The monoisotopic (exact) mass is 261 g/mol. The number of carboxylic acid groups (broad SMARTS) is 1. The van der Waals surface area contributed by atoms with E-state index in [9.17, 15) is 9.59 Å². The summed E-state index contributed by atoms with van der Waals surface area (Å²) in [5, 5.41) is 11.5. The van der Waals surface area contributed by atoms with Crippen LogP contribution in [0.5, 0.6) is 5.75 Å². The molecule has 100 valence electrons. The van der Waals surface area contributed by atoms with E-state index in [0.29, 0.717) is 24.5 Å². The quantitative estimate of drug-likeness (QED) is 0.767. The molecule has 1 fully saturated rings. The van der Waals surface area contributed by atoms with E-state index in [4.69, 9.17) is 9.84 Å². The Labute approximate surface area is 110 Å². The number of anilines is 1. The summed E-state index contributed by atoms with van der Waals surface area (Å²) in [7, 11) is 0. The minimum absolute atomic E-state index is 0.256. The average molecular weight is 261 g/mol. The number of benzene rings is 1. The molecule has 0 aromatic heterocycles. The van der Waals surface area contributed by atoms with Crippen LogP contribution >= 0.6 is 0 Å². The number of carbonyl (C=O) groups excluding carboxylic acids is 1. The van der Waals surface area contributed by atoms with Crippen LogP contribution < -0.4 is 10.1 Å². The highest BCUT2D eigenvalue weighted by atomic mass is 16.5. The summed E-state index contributed by atoms with van der Waals surface area (Å²) < 4.78 is 5.35. The molecule has 5 heteroatoms. The topological polar surface area (TPSA) is 75.6 Å². The lowest BCUT2D eigenvalue weighted by Gasteiger charge is -2.07. The average Bonchev–Trinajstić information content (AvgIpc) is 3.17. The molecular weight excluding hydrogens is 246 g/mol. The second kappa shape index (κ2) is 5.56. The van der Waals surface area contributed by atoms with Gasteiger partial charge in [-0.3, -0.25) is 9.59 Å². The van der Waals surface area contributed by atoms with Gasteiger partial charge in [0, 0.05) is 11.8 Å². The summed E-state index contributed by atoms with van der Waals surface area (Å²) >= 11 is 0. The third kappa shape index (κ3) is 3.34. The van der Waals surface area contributed by atoms with Gasteiger partial charge in [-0.05, 0) is 18.6 Å². The summed E-state index contributed by atoms with van der Waals surface area (Å²) in [5.74, 6) is -1.50. The molecule has 1 aromatic carbocycles. The van der Waals surface area contributed by atoms with Gasteiger partial charge in [-0.25, -0.2) is 0 Å². The molecule has 0 saturated heterocycles. The van der Waals surface area contributed by atoms with Gasteiger partial charge >= 0.3 is 5.97 Å². The van der Waals surface area contributed by atoms with Crippen LogP contribution in [-0.2, 0) is 9.59 Å². The van der Waals surface area contributed by atoms with Crippen molar-refractivity contribution in [1.82, 2.24) is 0 Å². The molecule has 2 unspecified atom stereocenters. The molecule has 0 aliphatic heterocycles. The smallest absolute Gasteiger partial charge is 0.307 e. The Kier molecular flexibility index (Phi) is 3.85. The van der Waals surface area contributed by atoms with Crippen LogP contribution in [0, 0.1) is 11.8 Å². The second-order valence-electron chi connectivity index (χ2n) is 4.40. The molecule has 0 radical (unpaired) electrons. The number of carboxylic acids is 1. The van der Waals surface area contributed by atoms with E-state index in [2.05, 4.69) is 11.9 Å². The van der Waals surface area contributed by atoms with Crippen molar-refractivity contribution in [3.8, 4) is 5.75 Å². The lowest BCUT2D eigenvalue weighted by atomic mass is 10.2. The number of nitrogens with one attached hydrogen (secondary N) is 1. The fourth-order valence-corrected chi connectivity index (χ4v) is 1.81. The first-order valence-corrected chi connectivity index (χ1v) is 5.99. The van der Waals surface area contributed by atoms with Gasteiger partial charge in [0.1, 0.15) is 12.4 Å². The summed E-state index contributed by atoms with van der Waals surface area (Å²) in [6.45, 7) is 3.94. The highest BCUT2D eigenvalue weighted by Gasteiger charge is 2.48. The maximum Gasteiger partial charge on any atom is 0.307 e. The van der Waals surface area contributed by atoms with E-state index in [1.165, 1.54) is 0 Å². The summed E-state index contributed by atoms with van der Waals surface area (Å²) in [5.41, 5.74) is 0.600. The van der Waals surface area contributed by atoms with Gasteiger partial charge in [-0.15, -0.1) is 0 Å². The summed E-state index contributed by atoms with van der Waals surface area (Å²) in [6, 6.07) is 6.96. The molecule has 2 atom stereocenters. The Morgan fingerprint density at radius 1 is 1.47 bits per heavy atom. The van der Waals surface area contributed by atoms with Crippen molar-refractivity contribution < 1.29 is 19.4 Å². The van der Waals surface area contributed by atoms with Crippen LogP contribution in [0.15, 0.2) is 36.9 Å². The van der Waals surface area contributed by atoms with E-state index >= 15 is 0 Å². The molecule has 19 heavy (non-hydrogen) atoms. The van der Waals surface area contributed by atoms with Crippen molar-refractivity contribution in [2.24, 2.45) is 11.8 Å². The van der Waals surface area contributed by atoms with Crippen molar-refractivity contribution in [2.45, 2.75) is 6.42 Å². The Bertz CT molecular complexity index is 512. The Morgan fingerprint density at radius 2 is 2.26 bits per heavy atom. The number of carbonyl (C=O) groups is 2. The Balaban J connectivity index is 1.94. The molecular formula is C14H15NO4. The highest BCUT2D eigenvalue weighted by molar-refractivity contribution is 5.98. The zero-order valence-corrected chi connectivity index (χ0v) is 10.3. The minimum Gasteiger partial charge on any atom is -0.489 e. The van der Waals surface area contributed by atoms with Gasteiger partial charge < -0.3 is 15.2 Å². The summed E-state index contributed by atoms with van der Waals surface area (Å²) in [6.07, 6.45) is 2.04. The zero-order valence-electron chi connectivity index (χ0n) is 10.3. The SMILES string of the molecule is C=CCOc1cccc(NC(=O)C2CC2C(=O)O)c1. The maximum atomic E-state index is 11.8. The standard InChI is InChI=1S/C14H15NO4/c1-2-6-19-10-5-3-4-9(7-10)15-13(16)11-8-12(11)14(17)18/h2-5,7,11-12H,1,6,8H2,(H,15,16)(H,17,18). The van der Waals surface area contributed by atoms with Crippen molar-refractivity contribution in [3.05, 3.63) is 36.9 Å². The fourth-order valence-electron chi connectivity index (χ4n) is 1.81. The van der Waals surface area contributed by atoms with Crippen LogP contribution in [0.25, 0.3) is 0 Å². The number of ether oxygens (including phenoxy) is 1. The maximum absolute atomic E-state index is 11.8. The summed E-state index contributed by atoms with van der Waals surface area (Å²) in [4.78, 5) is 22.5. The Hall–Kier alpha value is -2.30. The molecule has 0 bridgehead atoms. The zero-order chi connectivity index (χ0) is 13.8. The van der Waals surface area contributed by atoms with Gasteiger partial charge in [-0.2, -0.15) is 0 Å². The lowest BCUT2D eigenvalue weighted by molar-refractivity contribution is -0.139. The predicted octanol–water partition coefficient (Wildman–Crippen LogP) is 1.91. The second-order valence-corrected chi connectivity index (χ2v) is 4.40. The van der Waals surface area contributed by atoms with Gasteiger partial charge in [0.15, 0.2) is 0 Å². The third-order valence-electron chi connectivity index (χ3n) is 2.91. The van der Waals surface area contributed by atoms with Crippen molar-refractivity contribution in [3.63, 3.8) is 0 Å². The third-order valence-corrected chi connectivity index (χ3v) is 2.91. The fraction of sp³-hybridized carbons (Fsp3) is 0.286. The first kappa shape index (κ1) is 13.1. The van der Waals surface area contributed by atoms with E-state index in [-0.39, 0.29) is 5.91 Å². The Morgan fingerprint density at radius 3 is 2.89 bits per heavy atom. The lowest BCUT2D eigenvalue weighted by Crippen LogP contribution is -2.16. The molecule has 1 amide bonds. The van der Waals surface area contributed by atoms with Crippen LogP contribution in [0.3, 0.4) is 0 Å². The van der Waals surface area contributed by atoms with E-state index in [1.54, 1.807) is 30.3 Å². The minimum atomic E-state index is -0.914. The number of amides is 1. The number of hydrogen-bond acceptors (Lipinski definition) is 3. The van der Waals surface area contributed by atoms with Crippen molar-refractivity contribution >= 4 is 17.6 Å². The van der Waals surface area contributed by atoms with E-state index < -0.39 is 17.8 Å². The number of hydrogen-bond donors (Lipinski definition) is 2. The van der Waals surface area contributed by atoms with Gasteiger partial charge in [0.05, 0.1) is 11.8 Å². The first-order valence-electron chi connectivity index (χ1n) is 5.99. The molecule has 1 saturated carbocycles. The van der Waals surface area contributed by atoms with Crippen LogP contribution in [0.4, 0.5) is 5.69 Å². The first-order chi connectivity index (χ1) is 9.11. The van der Waals surface area contributed by atoms with Crippen LogP contribution in [0.2, 0.25) is 0 Å². The molecule has 1 aliphatic rings. The molecule has 2 N–H and O–H groups in total.